The number of rotatable bonds is 7. The fourth-order valence-electron chi connectivity index (χ4n) is 2.72. The first-order valence-corrected chi connectivity index (χ1v) is 8.30. The lowest BCUT2D eigenvalue weighted by atomic mass is 10.1. The lowest BCUT2D eigenvalue weighted by Crippen LogP contribution is -2.41. The van der Waals surface area contributed by atoms with Crippen LogP contribution in [0.5, 0.6) is 5.75 Å². The van der Waals surface area contributed by atoms with Gasteiger partial charge in [-0.3, -0.25) is 9.59 Å². The molecule has 23 heavy (non-hydrogen) atoms. The molecule has 1 N–H and O–H groups in total. The molecule has 1 unspecified atom stereocenters. The van der Waals surface area contributed by atoms with E-state index in [2.05, 4.69) is 5.32 Å². The van der Waals surface area contributed by atoms with Crippen LogP contribution in [0.3, 0.4) is 0 Å². The number of esters is 1. The van der Waals surface area contributed by atoms with E-state index in [9.17, 15) is 9.59 Å². The quantitative estimate of drug-likeness (QED) is 0.785. The molecule has 2 rings (SSSR count). The molecule has 1 atom stereocenters. The van der Waals surface area contributed by atoms with E-state index < -0.39 is 12.1 Å². The Labute approximate surface area is 137 Å². The molecule has 0 aromatic heterocycles. The van der Waals surface area contributed by atoms with Crippen LogP contribution < -0.4 is 10.1 Å². The summed E-state index contributed by atoms with van der Waals surface area (Å²) in [6.45, 7) is 4.14. The second-order valence-corrected chi connectivity index (χ2v) is 5.88. The van der Waals surface area contributed by atoms with Crippen molar-refractivity contribution in [2.75, 3.05) is 6.61 Å². The fourth-order valence-corrected chi connectivity index (χ4v) is 2.72. The van der Waals surface area contributed by atoms with Crippen molar-refractivity contribution >= 4 is 11.9 Å². The smallest absolute Gasteiger partial charge is 0.311 e. The average Bonchev–Trinajstić information content (AvgIpc) is 3.02. The molecule has 1 aliphatic rings. The third-order valence-electron chi connectivity index (χ3n) is 3.96. The number of hydrogen-bond acceptors (Lipinski definition) is 4. The highest BCUT2D eigenvalue weighted by Crippen LogP contribution is 2.18. The number of amides is 1. The molecule has 1 fully saturated rings. The number of carbonyl (C=O) groups is 2. The number of carbonyl (C=O) groups excluding carboxylic acids is 2. The van der Waals surface area contributed by atoms with Gasteiger partial charge < -0.3 is 14.8 Å². The minimum absolute atomic E-state index is 0.146. The Balaban J connectivity index is 1.77. The number of ether oxygens (including phenoxy) is 2. The molecule has 0 heterocycles. The zero-order valence-electron chi connectivity index (χ0n) is 13.8. The van der Waals surface area contributed by atoms with Crippen LogP contribution in [0, 0.1) is 0 Å². The molecule has 1 aromatic rings. The molecule has 0 spiro atoms. The van der Waals surface area contributed by atoms with E-state index >= 15 is 0 Å². The van der Waals surface area contributed by atoms with Gasteiger partial charge in [0, 0.05) is 6.04 Å². The van der Waals surface area contributed by atoms with Gasteiger partial charge in [0.2, 0.25) is 0 Å². The summed E-state index contributed by atoms with van der Waals surface area (Å²) in [5.74, 6) is 0.161. The van der Waals surface area contributed by atoms with Gasteiger partial charge in [-0.1, -0.05) is 25.0 Å². The largest absolute Gasteiger partial charge is 0.494 e. The third-order valence-corrected chi connectivity index (χ3v) is 3.96. The van der Waals surface area contributed by atoms with Crippen LogP contribution in [-0.4, -0.2) is 30.6 Å². The summed E-state index contributed by atoms with van der Waals surface area (Å²) in [4.78, 5) is 23.9. The van der Waals surface area contributed by atoms with Gasteiger partial charge in [-0.25, -0.2) is 0 Å². The summed E-state index contributed by atoms with van der Waals surface area (Å²) in [7, 11) is 0. The Kier molecular flexibility index (Phi) is 6.44. The molecular weight excluding hydrogens is 294 g/mol. The highest BCUT2D eigenvalue weighted by atomic mass is 16.5. The molecule has 1 aliphatic carbocycles. The number of hydrogen-bond donors (Lipinski definition) is 1. The molecule has 1 amide bonds. The average molecular weight is 319 g/mol. The SMILES string of the molecule is CCOc1ccc(CC(=O)OC(C)C(=O)NC2CCCC2)cc1. The second kappa shape index (κ2) is 8.56. The van der Waals surface area contributed by atoms with E-state index in [4.69, 9.17) is 9.47 Å². The maximum Gasteiger partial charge on any atom is 0.311 e. The fraction of sp³-hybridized carbons (Fsp3) is 0.556. The lowest BCUT2D eigenvalue weighted by molar-refractivity contribution is -0.154. The van der Waals surface area contributed by atoms with Crippen LogP contribution in [0.2, 0.25) is 0 Å². The van der Waals surface area contributed by atoms with E-state index in [-0.39, 0.29) is 18.4 Å². The first-order chi connectivity index (χ1) is 11.1. The van der Waals surface area contributed by atoms with Gasteiger partial charge in [0.15, 0.2) is 6.10 Å². The molecular formula is C18H25NO4. The van der Waals surface area contributed by atoms with Crippen LogP contribution in [0.15, 0.2) is 24.3 Å². The van der Waals surface area contributed by atoms with E-state index in [0.29, 0.717) is 6.61 Å². The molecule has 0 aliphatic heterocycles. The Hall–Kier alpha value is -2.04. The maximum absolute atomic E-state index is 12.0. The van der Waals surface area contributed by atoms with E-state index in [1.807, 2.05) is 31.2 Å². The highest BCUT2D eigenvalue weighted by molar-refractivity contribution is 5.84. The summed E-state index contributed by atoms with van der Waals surface area (Å²) in [5.41, 5.74) is 0.835. The standard InChI is InChI=1S/C18H25NO4/c1-3-22-16-10-8-14(9-11-16)12-17(20)23-13(2)18(21)19-15-6-4-5-7-15/h8-11,13,15H,3-7,12H2,1-2H3,(H,19,21). The predicted octanol–water partition coefficient (Wildman–Crippen LogP) is 2.62. The lowest BCUT2D eigenvalue weighted by Gasteiger charge is -2.17. The zero-order valence-corrected chi connectivity index (χ0v) is 13.8. The maximum atomic E-state index is 12.0. The van der Waals surface area contributed by atoms with Gasteiger partial charge in [-0.05, 0) is 44.4 Å². The molecule has 126 valence electrons. The monoisotopic (exact) mass is 319 g/mol. The molecule has 1 aromatic carbocycles. The van der Waals surface area contributed by atoms with Crippen molar-refractivity contribution in [1.29, 1.82) is 0 Å². The summed E-state index contributed by atoms with van der Waals surface area (Å²) >= 11 is 0. The molecule has 0 radical (unpaired) electrons. The third kappa shape index (κ3) is 5.58. The van der Waals surface area contributed by atoms with E-state index in [1.54, 1.807) is 6.92 Å². The Morgan fingerprint density at radius 1 is 1.22 bits per heavy atom. The first kappa shape index (κ1) is 17.3. The minimum atomic E-state index is -0.759. The Morgan fingerprint density at radius 2 is 1.87 bits per heavy atom. The molecule has 0 bridgehead atoms. The van der Waals surface area contributed by atoms with Crippen LogP contribution in [0.25, 0.3) is 0 Å². The van der Waals surface area contributed by atoms with Gasteiger partial charge in [-0.2, -0.15) is 0 Å². The van der Waals surface area contributed by atoms with Crippen molar-refractivity contribution in [3.05, 3.63) is 29.8 Å². The summed E-state index contributed by atoms with van der Waals surface area (Å²) in [6, 6.07) is 7.53. The minimum Gasteiger partial charge on any atom is -0.494 e. The Bertz CT molecular complexity index is 520. The van der Waals surface area contributed by atoms with Crippen LogP contribution in [0.1, 0.15) is 45.1 Å². The summed E-state index contributed by atoms with van der Waals surface area (Å²) in [5, 5.41) is 2.94. The Morgan fingerprint density at radius 3 is 2.48 bits per heavy atom. The predicted molar refractivity (Wildman–Crippen MR) is 87.3 cm³/mol. The van der Waals surface area contributed by atoms with Crippen molar-refractivity contribution in [2.45, 2.75) is 58.1 Å². The van der Waals surface area contributed by atoms with Crippen LogP contribution in [0.4, 0.5) is 0 Å². The summed E-state index contributed by atoms with van der Waals surface area (Å²) in [6.07, 6.45) is 3.71. The van der Waals surface area contributed by atoms with Gasteiger partial charge in [-0.15, -0.1) is 0 Å². The zero-order chi connectivity index (χ0) is 16.7. The van der Waals surface area contributed by atoms with Crippen molar-refractivity contribution < 1.29 is 19.1 Å². The van der Waals surface area contributed by atoms with Crippen molar-refractivity contribution in [3.63, 3.8) is 0 Å². The number of nitrogens with one attached hydrogen (secondary N) is 1. The highest BCUT2D eigenvalue weighted by Gasteiger charge is 2.23. The first-order valence-electron chi connectivity index (χ1n) is 8.30. The molecule has 1 saturated carbocycles. The van der Waals surface area contributed by atoms with Crippen molar-refractivity contribution in [1.82, 2.24) is 5.32 Å². The topological polar surface area (TPSA) is 64.6 Å². The number of benzene rings is 1. The van der Waals surface area contributed by atoms with Gasteiger partial charge in [0.25, 0.3) is 5.91 Å². The van der Waals surface area contributed by atoms with Crippen molar-refractivity contribution in [2.24, 2.45) is 0 Å². The van der Waals surface area contributed by atoms with E-state index in [0.717, 1.165) is 37.0 Å². The van der Waals surface area contributed by atoms with Gasteiger partial charge in [0.1, 0.15) is 5.75 Å². The van der Waals surface area contributed by atoms with Crippen molar-refractivity contribution in [3.8, 4) is 5.75 Å². The molecule has 5 nitrogen and oxygen atoms in total. The second-order valence-electron chi connectivity index (χ2n) is 5.88. The summed E-state index contributed by atoms with van der Waals surface area (Å²) < 4.78 is 10.6. The van der Waals surface area contributed by atoms with Crippen LogP contribution in [-0.2, 0) is 20.7 Å². The van der Waals surface area contributed by atoms with Gasteiger partial charge >= 0.3 is 5.97 Å². The van der Waals surface area contributed by atoms with E-state index in [1.165, 1.54) is 0 Å². The van der Waals surface area contributed by atoms with Gasteiger partial charge in [0.05, 0.1) is 13.0 Å². The molecule has 5 heteroatoms. The normalized spacial score (nSPS) is 15.9. The van der Waals surface area contributed by atoms with Crippen LogP contribution >= 0.6 is 0 Å². The molecule has 0 saturated heterocycles.